The number of hydrogen-bond donors (Lipinski definition) is 2. The number of non-ortho nitro benzene ring substituents is 1. The van der Waals surface area contributed by atoms with Crippen LogP contribution in [0.15, 0.2) is 24.3 Å². The number of urea groups is 1. The second-order valence-electron chi connectivity index (χ2n) is 2.63. The molecule has 0 heterocycles. The van der Waals surface area contributed by atoms with Crippen molar-refractivity contribution in [3.63, 3.8) is 0 Å². The van der Waals surface area contributed by atoms with Gasteiger partial charge in [-0.05, 0) is 12.1 Å². The third kappa shape index (κ3) is 3.25. The van der Waals surface area contributed by atoms with Crippen LogP contribution in [0.2, 0.25) is 0 Å². The standard InChI is InChI=1S/C8H7N3O5/c9-7(12)10-8(13)16-6-3-1-5(2-4-6)11(14)15/h1-4H,(H3,9,10,12,13). The molecule has 0 atom stereocenters. The van der Waals surface area contributed by atoms with E-state index in [-0.39, 0.29) is 11.4 Å². The first-order valence-electron chi connectivity index (χ1n) is 4.02. The normalized spacial score (nSPS) is 9.25. The number of primary amides is 1. The lowest BCUT2D eigenvalue weighted by molar-refractivity contribution is -0.384. The van der Waals surface area contributed by atoms with Crippen molar-refractivity contribution in [3.05, 3.63) is 34.4 Å². The Hall–Kier alpha value is -2.64. The van der Waals surface area contributed by atoms with E-state index in [0.29, 0.717) is 0 Å². The first-order chi connectivity index (χ1) is 7.49. The van der Waals surface area contributed by atoms with Gasteiger partial charge >= 0.3 is 12.1 Å². The molecule has 0 saturated heterocycles. The van der Waals surface area contributed by atoms with Gasteiger partial charge in [-0.3, -0.25) is 10.1 Å². The zero-order chi connectivity index (χ0) is 12.1. The molecule has 0 bridgehead atoms. The summed E-state index contributed by atoms with van der Waals surface area (Å²) in [4.78, 5) is 30.9. The summed E-state index contributed by atoms with van der Waals surface area (Å²) >= 11 is 0. The minimum atomic E-state index is -1.05. The molecule has 0 spiro atoms. The first kappa shape index (κ1) is 11.4. The van der Waals surface area contributed by atoms with E-state index >= 15 is 0 Å². The molecule has 1 aromatic carbocycles. The van der Waals surface area contributed by atoms with Crippen LogP contribution in [0.4, 0.5) is 15.3 Å². The van der Waals surface area contributed by atoms with Gasteiger partial charge in [-0.2, -0.15) is 0 Å². The van der Waals surface area contributed by atoms with Crippen molar-refractivity contribution < 1.29 is 19.2 Å². The summed E-state index contributed by atoms with van der Waals surface area (Å²) in [7, 11) is 0. The zero-order valence-electron chi connectivity index (χ0n) is 7.88. The van der Waals surface area contributed by atoms with Gasteiger partial charge in [0.1, 0.15) is 5.75 Å². The molecule has 16 heavy (non-hydrogen) atoms. The summed E-state index contributed by atoms with van der Waals surface area (Å²) in [6.45, 7) is 0. The number of nitrogens with zero attached hydrogens (tertiary/aromatic N) is 1. The van der Waals surface area contributed by atoms with Gasteiger partial charge in [-0.25, -0.2) is 14.9 Å². The van der Waals surface area contributed by atoms with Crippen LogP contribution in [0.25, 0.3) is 0 Å². The molecular weight excluding hydrogens is 218 g/mol. The highest BCUT2D eigenvalue weighted by Gasteiger charge is 2.08. The fourth-order valence-corrected chi connectivity index (χ4v) is 0.869. The number of amides is 3. The number of nitrogens with one attached hydrogen (secondary N) is 1. The highest BCUT2D eigenvalue weighted by molar-refractivity contribution is 5.90. The molecule has 84 valence electrons. The number of ether oxygens (including phenoxy) is 1. The van der Waals surface area contributed by atoms with E-state index in [0.717, 1.165) is 12.1 Å². The average Bonchev–Trinajstić information content (AvgIpc) is 2.16. The summed E-state index contributed by atoms with van der Waals surface area (Å²) in [5.74, 6) is 0.0596. The number of carbonyl (C=O) groups is 2. The van der Waals surface area contributed by atoms with Gasteiger partial charge < -0.3 is 10.5 Å². The Labute approximate surface area is 89.1 Å². The fraction of sp³-hybridized carbons (Fsp3) is 0. The number of imide groups is 1. The van der Waals surface area contributed by atoms with Crippen molar-refractivity contribution in [1.82, 2.24) is 5.32 Å². The van der Waals surface area contributed by atoms with Crippen molar-refractivity contribution in [3.8, 4) is 5.75 Å². The van der Waals surface area contributed by atoms with Crippen LogP contribution in [0.5, 0.6) is 5.75 Å². The SMILES string of the molecule is NC(=O)NC(=O)Oc1ccc([N+](=O)[O-])cc1. The zero-order valence-corrected chi connectivity index (χ0v) is 7.88. The van der Waals surface area contributed by atoms with Crippen LogP contribution < -0.4 is 15.8 Å². The summed E-state index contributed by atoms with van der Waals surface area (Å²) in [5, 5.41) is 12.0. The first-order valence-corrected chi connectivity index (χ1v) is 4.02. The number of carbonyl (C=O) groups excluding carboxylic acids is 2. The molecule has 0 unspecified atom stereocenters. The highest BCUT2D eigenvalue weighted by Crippen LogP contribution is 2.17. The molecule has 0 aliphatic rings. The van der Waals surface area contributed by atoms with Crippen LogP contribution in [0, 0.1) is 10.1 Å². The Morgan fingerprint density at radius 3 is 2.31 bits per heavy atom. The third-order valence-corrected chi connectivity index (χ3v) is 1.48. The molecule has 0 aliphatic carbocycles. The van der Waals surface area contributed by atoms with Crippen molar-refractivity contribution >= 4 is 17.8 Å². The van der Waals surface area contributed by atoms with E-state index in [1.54, 1.807) is 5.32 Å². The van der Waals surface area contributed by atoms with Crippen LogP contribution >= 0.6 is 0 Å². The molecule has 0 fully saturated rings. The molecule has 0 aromatic heterocycles. The van der Waals surface area contributed by atoms with Gasteiger partial charge in [-0.1, -0.05) is 0 Å². The van der Waals surface area contributed by atoms with E-state index in [9.17, 15) is 19.7 Å². The minimum absolute atomic E-state index is 0.0596. The van der Waals surface area contributed by atoms with Crippen LogP contribution in [0.3, 0.4) is 0 Å². The summed E-state index contributed by atoms with van der Waals surface area (Å²) in [5.41, 5.74) is 4.53. The maximum atomic E-state index is 10.9. The Balaban J connectivity index is 2.65. The Morgan fingerprint density at radius 1 is 1.31 bits per heavy atom. The van der Waals surface area contributed by atoms with E-state index in [1.807, 2.05) is 0 Å². The van der Waals surface area contributed by atoms with Gasteiger partial charge in [0.05, 0.1) is 4.92 Å². The lowest BCUT2D eigenvalue weighted by atomic mass is 10.3. The van der Waals surface area contributed by atoms with Gasteiger partial charge in [0.25, 0.3) is 5.69 Å². The van der Waals surface area contributed by atoms with Gasteiger partial charge in [0.15, 0.2) is 0 Å². The molecule has 1 aromatic rings. The third-order valence-electron chi connectivity index (χ3n) is 1.48. The quantitative estimate of drug-likeness (QED) is 0.567. The predicted molar refractivity (Wildman–Crippen MR) is 51.8 cm³/mol. The lowest BCUT2D eigenvalue weighted by Gasteiger charge is -2.02. The number of nitro groups is 1. The molecule has 1 rings (SSSR count). The maximum Gasteiger partial charge on any atom is 0.420 e. The van der Waals surface area contributed by atoms with Crippen LogP contribution in [-0.4, -0.2) is 17.0 Å². The molecule has 8 nitrogen and oxygen atoms in total. The van der Waals surface area contributed by atoms with E-state index in [1.165, 1.54) is 12.1 Å². The van der Waals surface area contributed by atoms with E-state index in [2.05, 4.69) is 10.5 Å². The van der Waals surface area contributed by atoms with Crippen molar-refractivity contribution in [2.24, 2.45) is 5.73 Å². The topological polar surface area (TPSA) is 125 Å². The Morgan fingerprint density at radius 2 is 1.88 bits per heavy atom. The molecule has 8 heteroatoms. The molecule has 0 aliphatic heterocycles. The van der Waals surface area contributed by atoms with Crippen molar-refractivity contribution in [2.75, 3.05) is 0 Å². The summed E-state index contributed by atoms with van der Waals surface area (Å²) in [6, 6.07) is 3.71. The summed E-state index contributed by atoms with van der Waals surface area (Å²) < 4.78 is 4.59. The minimum Gasteiger partial charge on any atom is -0.410 e. The Kier molecular flexibility index (Phi) is 3.38. The van der Waals surface area contributed by atoms with Gasteiger partial charge in [0.2, 0.25) is 0 Å². The smallest absolute Gasteiger partial charge is 0.410 e. The van der Waals surface area contributed by atoms with Gasteiger partial charge in [-0.15, -0.1) is 0 Å². The Bertz CT molecular complexity index is 428. The maximum absolute atomic E-state index is 10.9. The monoisotopic (exact) mass is 225 g/mol. The van der Waals surface area contributed by atoms with Crippen LogP contribution in [0.1, 0.15) is 0 Å². The number of benzene rings is 1. The second kappa shape index (κ2) is 4.73. The molecular formula is C8H7N3O5. The number of rotatable bonds is 2. The van der Waals surface area contributed by atoms with Gasteiger partial charge in [0, 0.05) is 12.1 Å². The van der Waals surface area contributed by atoms with Crippen molar-refractivity contribution in [1.29, 1.82) is 0 Å². The number of nitro benzene ring substituents is 1. The molecule has 3 N–H and O–H groups in total. The lowest BCUT2D eigenvalue weighted by Crippen LogP contribution is -2.36. The van der Waals surface area contributed by atoms with Crippen molar-refractivity contribution in [2.45, 2.75) is 0 Å². The molecule has 0 radical (unpaired) electrons. The highest BCUT2D eigenvalue weighted by atomic mass is 16.6. The van der Waals surface area contributed by atoms with E-state index in [4.69, 9.17) is 0 Å². The number of nitrogens with two attached hydrogens (primary N) is 1. The fourth-order valence-electron chi connectivity index (χ4n) is 0.869. The largest absolute Gasteiger partial charge is 0.420 e. The number of hydrogen-bond acceptors (Lipinski definition) is 5. The molecule has 0 saturated carbocycles. The second-order valence-corrected chi connectivity index (χ2v) is 2.63. The average molecular weight is 225 g/mol. The van der Waals surface area contributed by atoms with E-state index < -0.39 is 17.0 Å². The predicted octanol–water partition coefficient (Wildman–Crippen LogP) is 0.762. The van der Waals surface area contributed by atoms with Crippen LogP contribution in [-0.2, 0) is 0 Å². The molecule has 3 amide bonds. The summed E-state index contributed by atoms with van der Waals surface area (Å²) in [6.07, 6.45) is -1.05.